The largest absolute Gasteiger partial charge is 0.471 e. The van der Waals surface area contributed by atoms with Crippen molar-refractivity contribution >= 4 is 16.8 Å². The number of carbonyl (C=O) groups is 1. The molecule has 0 N–H and O–H groups in total. The fourth-order valence-electron chi connectivity index (χ4n) is 3.52. The Morgan fingerprint density at radius 2 is 2.07 bits per heavy atom. The zero-order valence-corrected chi connectivity index (χ0v) is 16.3. The number of aryl methyl sites for hydroxylation is 2. The van der Waals surface area contributed by atoms with Gasteiger partial charge in [0.25, 0.3) is 5.56 Å². The summed E-state index contributed by atoms with van der Waals surface area (Å²) in [6, 6.07) is 10.9. The summed E-state index contributed by atoms with van der Waals surface area (Å²) in [7, 11) is 0. The topological polar surface area (TPSA) is 90.2 Å². The van der Waals surface area contributed by atoms with Crippen molar-refractivity contribution < 1.29 is 9.53 Å². The first-order chi connectivity index (χ1) is 14.1. The second-order valence-electron chi connectivity index (χ2n) is 7.25. The molecule has 1 aliphatic rings. The number of ether oxygens (including phenoxy) is 1. The van der Waals surface area contributed by atoms with Crippen molar-refractivity contribution in [2.24, 2.45) is 0 Å². The fourth-order valence-corrected chi connectivity index (χ4v) is 3.52. The molecule has 1 aromatic carbocycles. The van der Waals surface area contributed by atoms with Crippen molar-refractivity contribution in [3.8, 4) is 5.88 Å². The molecule has 1 atom stereocenters. The molecule has 150 valence electrons. The molecule has 0 aliphatic carbocycles. The zero-order valence-electron chi connectivity index (χ0n) is 16.3. The van der Waals surface area contributed by atoms with E-state index in [9.17, 15) is 9.59 Å². The molecule has 1 saturated heterocycles. The highest BCUT2D eigenvalue weighted by molar-refractivity contribution is 5.77. The summed E-state index contributed by atoms with van der Waals surface area (Å²) in [5.41, 5.74) is 1.37. The van der Waals surface area contributed by atoms with E-state index in [2.05, 4.69) is 15.2 Å². The molecule has 2 aromatic heterocycles. The van der Waals surface area contributed by atoms with Crippen LogP contribution in [-0.2, 0) is 11.3 Å². The van der Waals surface area contributed by atoms with E-state index < -0.39 is 0 Å². The fraction of sp³-hybridized carbons (Fsp3) is 0.381. The van der Waals surface area contributed by atoms with Gasteiger partial charge in [-0.1, -0.05) is 12.1 Å². The number of benzene rings is 1. The van der Waals surface area contributed by atoms with E-state index in [1.165, 1.54) is 10.9 Å². The number of piperidine rings is 1. The van der Waals surface area contributed by atoms with Gasteiger partial charge in [0.15, 0.2) is 0 Å². The minimum Gasteiger partial charge on any atom is -0.471 e. The first-order valence-corrected chi connectivity index (χ1v) is 9.79. The van der Waals surface area contributed by atoms with Crippen LogP contribution < -0.4 is 10.3 Å². The minimum absolute atomic E-state index is 0.00773. The van der Waals surface area contributed by atoms with Crippen LogP contribution in [0.3, 0.4) is 0 Å². The third-order valence-electron chi connectivity index (χ3n) is 5.09. The van der Waals surface area contributed by atoms with Crippen molar-refractivity contribution in [1.29, 1.82) is 0 Å². The van der Waals surface area contributed by atoms with Crippen molar-refractivity contribution in [3.05, 3.63) is 58.8 Å². The lowest BCUT2D eigenvalue weighted by molar-refractivity contribution is -0.134. The highest BCUT2D eigenvalue weighted by atomic mass is 16.5. The smallest absolute Gasteiger partial charge is 0.261 e. The monoisotopic (exact) mass is 393 g/mol. The Morgan fingerprint density at radius 1 is 1.21 bits per heavy atom. The molecule has 8 heteroatoms. The Kier molecular flexibility index (Phi) is 5.50. The van der Waals surface area contributed by atoms with E-state index in [1.807, 2.05) is 25.1 Å². The number of rotatable bonds is 5. The van der Waals surface area contributed by atoms with Gasteiger partial charge in [0, 0.05) is 25.6 Å². The molecule has 3 heterocycles. The maximum atomic E-state index is 12.7. The molecule has 0 saturated carbocycles. The summed E-state index contributed by atoms with van der Waals surface area (Å²) >= 11 is 0. The van der Waals surface area contributed by atoms with Crippen LogP contribution in [0.2, 0.25) is 0 Å². The summed E-state index contributed by atoms with van der Waals surface area (Å²) in [5.74, 6) is 0.483. The van der Waals surface area contributed by atoms with Crippen LogP contribution in [0.5, 0.6) is 5.88 Å². The first kappa shape index (κ1) is 19.0. The normalized spacial score (nSPS) is 16.7. The van der Waals surface area contributed by atoms with E-state index in [4.69, 9.17) is 4.74 Å². The standard InChI is InChI=1S/C21H23N5O3/c1-15-8-9-19(24-23-15)29-16-5-4-11-25(13-16)20(27)10-12-26-14-22-18-7-3-2-6-17(18)21(26)28/h2-3,6-9,14,16H,4-5,10-13H2,1H3. The van der Waals surface area contributed by atoms with Crippen molar-refractivity contribution in [2.45, 2.75) is 38.8 Å². The molecule has 1 unspecified atom stereocenters. The number of carbonyl (C=O) groups excluding carboxylic acids is 1. The molecule has 0 bridgehead atoms. The Labute approximate surface area is 168 Å². The second kappa shape index (κ2) is 8.38. The van der Waals surface area contributed by atoms with Gasteiger partial charge in [-0.15, -0.1) is 5.10 Å². The van der Waals surface area contributed by atoms with Gasteiger partial charge in [0.05, 0.1) is 29.5 Å². The lowest BCUT2D eigenvalue weighted by Gasteiger charge is -2.32. The first-order valence-electron chi connectivity index (χ1n) is 9.79. The Morgan fingerprint density at radius 3 is 2.90 bits per heavy atom. The van der Waals surface area contributed by atoms with E-state index in [-0.39, 0.29) is 24.0 Å². The third-order valence-corrected chi connectivity index (χ3v) is 5.09. The van der Waals surface area contributed by atoms with Crippen LogP contribution in [0.4, 0.5) is 0 Å². The lowest BCUT2D eigenvalue weighted by Crippen LogP contribution is -2.44. The molecule has 8 nitrogen and oxygen atoms in total. The van der Waals surface area contributed by atoms with Gasteiger partial charge in [-0.3, -0.25) is 14.2 Å². The highest BCUT2D eigenvalue weighted by Crippen LogP contribution is 2.17. The highest BCUT2D eigenvalue weighted by Gasteiger charge is 2.25. The second-order valence-corrected chi connectivity index (χ2v) is 7.25. The van der Waals surface area contributed by atoms with Gasteiger partial charge in [0.1, 0.15) is 6.10 Å². The van der Waals surface area contributed by atoms with Crippen LogP contribution in [0.25, 0.3) is 10.9 Å². The molecule has 4 rings (SSSR count). The van der Waals surface area contributed by atoms with Crippen LogP contribution in [0, 0.1) is 6.92 Å². The number of aromatic nitrogens is 4. The maximum Gasteiger partial charge on any atom is 0.261 e. The van der Waals surface area contributed by atoms with Gasteiger partial charge in [0.2, 0.25) is 11.8 Å². The molecular formula is C21H23N5O3. The van der Waals surface area contributed by atoms with Crippen LogP contribution in [0.1, 0.15) is 25.0 Å². The van der Waals surface area contributed by atoms with Gasteiger partial charge in [-0.05, 0) is 38.0 Å². The van der Waals surface area contributed by atoms with Crippen molar-refractivity contribution in [1.82, 2.24) is 24.6 Å². The SMILES string of the molecule is Cc1ccc(OC2CCCN(C(=O)CCn3cnc4ccccc4c3=O)C2)nn1. The predicted octanol–water partition coefficient (Wildman–Crippen LogP) is 1.96. The number of para-hydroxylation sites is 1. The maximum absolute atomic E-state index is 12.7. The van der Waals surface area contributed by atoms with Gasteiger partial charge in [-0.25, -0.2) is 4.98 Å². The third kappa shape index (κ3) is 4.42. The van der Waals surface area contributed by atoms with Gasteiger partial charge >= 0.3 is 0 Å². The average molecular weight is 393 g/mol. The van der Waals surface area contributed by atoms with E-state index in [0.717, 1.165) is 18.5 Å². The number of nitrogens with zero attached hydrogens (tertiary/aromatic N) is 5. The number of likely N-dealkylation sites (tertiary alicyclic amines) is 1. The summed E-state index contributed by atoms with van der Waals surface area (Å²) in [6.07, 6.45) is 3.39. The number of amides is 1. The van der Waals surface area contributed by atoms with E-state index >= 15 is 0 Å². The number of fused-ring (bicyclic) bond motifs is 1. The Balaban J connectivity index is 1.36. The number of hydrogen-bond donors (Lipinski definition) is 0. The lowest BCUT2D eigenvalue weighted by atomic mass is 10.1. The summed E-state index contributed by atoms with van der Waals surface area (Å²) < 4.78 is 7.39. The van der Waals surface area contributed by atoms with Crippen LogP contribution in [-0.4, -0.2) is 49.7 Å². The average Bonchev–Trinajstić information content (AvgIpc) is 2.75. The van der Waals surface area contributed by atoms with Crippen molar-refractivity contribution in [3.63, 3.8) is 0 Å². The molecule has 0 radical (unpaired) electrons. The summed E-state index contributed by atoms with van der Waals surface area (Å²) in [5, 5.41) is 8.59. The predicted molar refractivity (Wildman–Crippen MR) is 108 cm³/mol. The number of hydrogen-bond acceptors (Lipinski definition) is 6. The molecule has 29 heavy (non-hydrogen) atoms. The molecule has 1 amide bonds. The van der Waals surface area contributed by atoms with Gasteiger partial charge in [-0.2, -0.15) is 5.10 Å². The summed E-state index contributed by atoms with van der Waals surface area (Å²) in [6.45, 7) is 3.39. The van der Waals surface area contributed by atoms with Crippen LogP contribution >= 0.6 is 0 Å². The molecule has 1 fully saturated rings. The van der Waals surface area contributed by atoms with Crippen molar-refractivity contribution in [2.75, 3.05) is 13.1 Å². The Hall–Kier alpha value is -3.29. The molecule has 0 spiro atoms. The summed E-state index contributed by atoms with van der Waals surface area (Å²) in [4.78, 5) is 31.4. The zero-order chi connectivity index (χ0) is 20.2. The quantitative estimate of drug-likeness (QED) is 0.658. The van der Waals surface area contributed by atoms with Crippen LogP contribution in [0.15, 0.2) is 47.5 Å². The minimum atomic E-state index is -0.124. The van der Waals surface area contributed by atoms with Gasteiger partial charge < -0.3 is 9.64 Å². The van der Waals surface area contributed by atoms with E-state index in [0.29, 0.717) is 36.4 Å². The van der Waals surface area contributed by atoms with E-state index in [1.54, 1.807) is 23.1 Å². The molecule has 1 aliphatic heterocycles. The Bertz CT molecular complexity index is 1060. The molecule has 3 aromatic rings. The molecular weight excluding hydrogens is 370 g/mol.